The van der Waals surface area contributed by atoms with E-state index >= 15 is 0 Å². The highest BCUT2D eigenvalue weighted by Gasteiger charge is 2.61. The average molecular weight is 792 g/mol. The van der Waals surface area contributed by atoms with Gasteiger partial charge in [0.05, 0.1) is 36.5 Å². The Bertz CT molecular complexity index is 2210. The number of carboxylic acids is 1. The number of unbranched alkanes of at least 4 members (excludes halogenated alkanes) is 3. The number of benzene rings is 2. The van der Waals surface area contributed by atoms with Crippen LogP contribution in [0.5, 0.6) is 17.2 Å². The van der Waals surface area contributed by atoms with Crippen LogP contribution in [0.15, 0.2) is 73.2 Å². The van der Waals surface area contributed by atoms with Gasteiger partial charge in [0.1, 0.15) is 45.6 Å². The molecule has 2 N–H and O–H groups in total. The van der Waals surface area contributed by atoms with Gasteiger partial charge in [-0.05, 0) is 75.3 Å². The van der Waals surface area contributed by atoms with Crippen molar-refractivity contribution in [3.63, 3.8) is 0 Å². The van der Waals surface area contributed by atoms with Gasteiger partial charge in [-0.25, -0.2) is 14.8 Å². The minimum Gasteiger partial charge on any atom is -0.496 e. The Morgan fingerprint density at radius 3 is 2.61 bits per heavy atom. The summed E-state index contributed by atoms with van der Waals surface area (Å²) in [6.45, 7) is 13.7. The number of aryl methyl sites for hydroxylation is 1. The highest BCUT2D eigenvalue weighted by Crippen LogP contribution is 2.45. The molecule has 2 amide bonds. The van der Waals surface area contributed by atoms with Crippen LogP contribution >= 0.6 is 11.3 Å². The first-order valence-corrected chi connectivity index (χ1v) is 20.2. The first-order valence-electron chi connectivity index (χ1n) is 19.3. The van der Waals surface area contributed by atoms with Crippen molar-refractivity contribution in [2.75, 3.05) is 13.7 Å². The van der Waals surface area contributed by atoms with E-state index in [0.29, 0.717) is 46.9 Å². The van der Waals surface area contributed by atoms with Crippen LogP contribution in [0.2, 0.25) is 0 Å². The number of carbonyl (C=O) groups excluding carboxylic acids is 2. The normalized spacial score (nSPS) is 20.4. The molecule has 4 aromatic rings. The number of fused-ring (bicyclic) bond motifs is 1. The summed E-state index contributed by atoms with van der Waals surface area (Å²) in [4.78, 5) is 52.7. The molecule has 6 rings (SSSR count). The van der Waals surface area contributed by atoms with Gasteiger partial charge in [0.25, 0.3) is 5.91 Å². The number of likely N-dealkylation sites (tertiary alicyclic amines) is 1. The minimum atomic E-state index is -1.50. The highest BCUT2D eigenvalue weighted by molar-refractivity contribution is 7.13. The summed E-state index contributed by atoms with van der Waals surface area (Å²) in [6.07, 6.45) is 5.60. The van der Waals surface area contributed by atoms with Crippen LogP contribution in [0.4, 0.5) is 0 Å². The Morgan fingerprint density at radius 1 is 1.14 bits per heavy atom. The second-order valence-corrected chi connectivity index (χ2v) is 15.9. The molecule has 0 spiro atoms. The van der Waals surface area contributed by atoms with Gasteiger partial charge >= 0.3 is 5.97 Å². The molecular weight excluding hydrogens is 743 g/mol. The predicted octanol–water partition coefficient (Wildman–Crippen LogP) is 7.75. The molecule has 1 unspecified atom stereocenters. The van der Waals surface area contributed by atoms with Crippen molar-refractivity contribution in [3.05, 3.63) is 90.0 Å². The zero-order chi connectivity index (χ0) is 40.9. The van der Waals surface area contributed by atoms with Gasteiger partial charge in [0.15, 0.2) is 6.10 Å². The average Bonchev–Trinajstić information content (AvgIpc) is 3.48. The van der Waals surface area contributed by atoms with Crippen LogP contribution in [0.25, 0.3) is 21.6 Å². The maximum atomic E-state index is 14.7. The molecule has 1 aliphatic heterocycles. The van der Waals surface area contributed by atoms with E-state index < -0.39 is 47.5 Å². The van der Waals surface area contributed by atoms with Gasteiger partial charge in [-0.15, -0.1) is 24.5 Å². The third-order valence-electron chi connectivity index (χ3n) is 10.8. The molecule has 3 heterocycles. The number of carboxylic acid groups (broad SMARTS) is 1. The van der Waals surface area contributed by atoms with Gasteiger partial charge in [-0.1, -0.05) is 38.5 Å². The molecule has 2 fully saturated rings. The molecule has 5 atom stereocenters. The maximum Gasteiger partial charge on any atom is 0.330 e. The lowest BCUT2D eigenvalue weighted by molar-refractivity contribution is -0.147. The van der Waals surface area contributed by atoms with Gasteiger partial charge in [0, 0.05) is 34.7 Å². The molecule has 2 aromatic heterocycles. The largest absolute Gasteiger partial charge is 0.496 e. The van der Waals surface area contributed by atoms with Crippen molar-refractivity contribution in [3.8, 4) is 34.0 Å². The van der Waals surface area contributed by atoms with E-state index in [1.54, 1.807) is 31.4 Å². The van der Waals surface area contributed by atoms with Crippen LogP contribution in [-0.4, -0.2) is 75.2 Å². The number of aromatic nitrogens is 2. The lowest BCUT2D eigenvalue weighted by Crippen LogP contribution is -2.54. The van der Waals surface area contributed by atoms with Crippen LogP contribution in [-0.2, 0) is 14.4 Å². The van der Waals surface area contributed by atoms with Gasteiger partial charge < -0.3 is 29.5 Å². The van der Waals surface area contributed by atoms with Gasteiger partial charge in [-0.2, -0.15) is 5.26 Å². The SMILES string of the molecule is C=CCCCCCC(Oc1cccc(C#N)c1)C(=O)N1C[C@H](Oc2cc(-c3nc(C(C)C)cs3)nc3c(C)c(OC)ccc23)C[C@@H]1C(=O)N[C@]1(C(=O)O)C[C@H]1C=C. The third-order valence-corrected chi connectivity index (χ3v) is 11.6. The molecular formula is C44H49N5O7S. The summed E-state index contributed by atoms with van der Waals surface area (Å²) < 4.78 is 18.7. The van der Waals surface area contributed by atoms with E-state index in [0.717, 1.165) is 40.9 Å². The lowest BCUT2D eigenvalue weighted by atomic mass is 10.1. The molecule has 0 bridgehead atoms. The first kappa shape index (κ1) is 40.9. The van der Waals surface area contributed by atoms with E-state index in [2.05, 4.69) is 38.4 Å². The molecule has 2 aliphatic rings. The highest BCUT2D eigenvalue weighted by atomic mass is 32.1. The number of hydrogen-bond donors (Lipinski definition) is 2. The number of aliphatic carboxylic acids is 1. The Morgan fingerprint density at radius 2 is 1.95 bits per heavy atom. The summed E-state index contributed by atoms with van der Waals surface area (Å²) in [5, 5.41) is 25.9. The van der Waals surface area contributed by atoms with E-state index in [-0.39, 0.29) is 25.3 Å². The zero-order valence-electron chi connectivity index (χ0n) is 32.8. The van der Waals surface area contributed by atoms with E-state index in [1.807, 2.05) is 36.6 Å². The number of amides is 2. The lowest BCUT2D eigenvalue weighted by Gasteiger charge is -2.29. The number of thiazole rings is 1. The van der Waals surface area contributed by atoms with Crippen LogP contribution in [0, 0.1) is 24.2 Å². The van der Waals surface area contributed by atoms with E-state index in [1.165, 1.54) is 22.3 Å². The van der Waals surface area contributed by atoms with Gasteiger partial charge in [-0.3, -0.25) is 9.59 Å². The second kappa shape index (κ2) is 17.6. The van der Waals surface area contributed by atoms with Crippen molar-refractivity contribution in [1.29, 1.82) is 5.26 Å². The van der Waals surface area contributed by atoms with Crippen LogP contribution in [0.3, 0.4) is 0 Å². The molecule has 1 saturated heterocycles. The Hall–Kier alpha value is -5.74. The summed E-state index contributed by atoms with van der Waals surface area (Å²) >= 11 is 1.49. The summed E-state index contributed by atoms with van der Waals surface area (Å²) in [5.74, 6) is -0.889. The number of nitrogens with one attached hydrogen (secondary N) is 1. The molecule has 57 heavy (non-hydrogen) atoms. The van der Waals surface area contributed by atoms with Crippen LogP contribution < -0.4 is 19.5 Å². The topological polar surface area (TPSA) is 164 Å². The number of rotatable bonds is 18. The number of ether oxygens (including phenoxy) is 3. The Kier molecular flexibility index (Phi) is 12.6. The van der Waals surface area contributed by atoms with Crippen molar-refractivity contribution in [1.82, 2.24) is 20.2 Å². The molecule has 1 saturated carbocycles. The molecule has 0 radical (unpaired) electrons. The third kappa shape index (κ3) is 8.81. The number of allylic oxidation sites excluding steroid dienone is 1. The summed E-state index contributed by atoms with van der Waals surface area (Å²) in [6, 6.07) is 13.2. The number of nitriles is 1. The smallest absolute Gasteiger partial charge is 0.330 e. The fraction of sp³-hybridized carbons (Fsp3) is 0.409. The Labute approximate surface area is 337 Å². The molecule has 1 aliphatic carbocycles. The number of carbonyl (C=O) groups is 3. The quantitative estimate of drug-likeness (QED) is 0.0752. The summed E-state index contributed by atoms with van der Waals surface area (Å²) in [5.41, 5.74) is 1.93. The second-order valence-electron chi connectivity index (χ2n) is 15.0. The van der Waals surface area contributed by atoms with Gasteiger partial charge in [0.2, 0.25) is 5.91 Å². The van der Waals surface area contributed by atoms with Crippen molar-refractivity contribution >= 4 is 40.0 Å². The number of hydrogen-bond acceptors (Lipinski definition) is 10. The number of pyridine rings is 1. The van der Waals surface area contributed by atoms with E-state index in [4.69, 9.17) is 24.2 Å². The predicted molar refractivity (Wildman–Crippen MR) is 218 cm³/mol. The molecule has 298 valence electrons. The maximum absolute atomic E-state index is 14.7. The zero-order valence-corrected chi connectivity index (χ0v) is 33.6. The van der Waals surface area contributed by atoms with Crippen molar-refractivity contribution < 1.29 is 33.7 Å². The Balaban J connectivity index is 1.36. The monoisotopic (exact) mass is 791 g/mol. The molecule has 2 aromatic carbocycles. The summed E-state index contributed by atoms with van der Waals surface area (Å²) in [7, 11) is 1.60. The van der Waals surface area contributed by atoms with E-state index in [9.17, 15) is 24.8 Å². The van der Waals surface area contributed by atoms with Crippen molar-refractivity contribution in [2.24, 2.45) is 5.92 Å². The first-order chi connectivity index (χ1) is 27.4. The standard InChI is InChI=1S/C44H49N5O7S/c1-7-9-10-11-12-16-37(55-30-15-13-14-28(19-30)23-45)42(51)49-24-31(20-35(49)40(50)48-44(43(52)53)22-29(44)8-2)56-38-21-33(41-47-34(25-57-41)26(3)4)46-39-27(5)36(54-6)18-17-32(38)39/h7-8,13-15,17-19,21,25-26,29,31,35,37H,1-2,9-12,16,20,22,24H2,3-6H3,(H,48,50)(H,52,53)/t29-,31-,35-,37?,44-/m1/s1. The number of methoxy groups -OCH3 is 1. The fourth-order valence-electron chi connectivity index (χ4n) is 7.37. The minimum absolute atomic E-state index is 0.0273. The fourth-order valence-corrected chi connectivity index (χ4v) is 8.31. The molecule has 12 nitrogen and oxygen atoms in total. The number of nitrogens with zero attached hydrogens (tertiary/aromatic N) is 4. The molecule has 13 heteroatoms. The van der Waals surface area contributed by atoms with Crippen LogP contribution in [0.1, 0.15) is 81.5 Å². The van der Waals surface area contributed by atoms with Crippen molar-refractivity contribution in [2.45, 2.75) is 95.4 Å².